The van der Waals surface area contributed by atoms with Crippen LogP contribution in [0.4, 0.5) is 5.69 Å². The van der Waals surface area contributed by atoms with Crippen LogP contribution in [0.15, 0.2) is 18.2 Å². The number of aryl methyl sites for hydroxylation is 2. The molecule has 1 aromatic rings. The van der Waals surface area contributed by atoms with Crippen LogP contribution >= 0.6 is 0 Å². The van der Waals surface area contributed by atoms with E-state index in [0.29, 0.717) is 13.0 Å². The van der Waals surface area contributed by atoms with E-state index in [1.54, 1.807) is 4.90 Å². The van der Waals surface area contributed by atoms with Gasteiger partial charge in [0.05, 0.1) is 17.4 Å². The second kappa shape index (κ2) is 6.20. The van der Waals surface area contributed by atoms with Crippen molar-refractivity contribution in [3.63, 3.8) is 0 Å². The number of nitrogens with one attached hydrogen (secondary N) is 1. The van der Waals surface area contributed by atoms with Crippen molar-refractivity contribution in [3.05, 3.63) is 29.3 Å². The molecule has 0 saturated carbocycles. The van der Waals surface area contributed by atoms with Crippen molar-refractivity contribution in [2.24, 2.45) is 5.92 Å². The molecule has 2 atom stereocenters. The van der Waals surface area contributed by atoms with E-state index in [-0.39, 0.29) is 35.8 Å². The summed E-state index contributed by atoms with van der Waals surface area (Å²) in [4.78, 5) is 26.4. The summed E-state index contributed by atoms with van der Waals surface area (Å²) < 4.78 is 23.0. The van der Waals surface area contributed by atoms with Crippen molar-refractivity contribution in [3.8, 4) is 0 Å². The third kappa shape index (κ3) is 3.45. The molecule has 2 amide bonds. The van der Waals surface area contributed by atoms with E-state index in [2.05, 4.69) is 5.32 Å². The minimum Gasteiger partial charge on any atom is -0.352 e. The number of anilines is 1. The SMILES string of the molecule is Cc1ccc(C)c(N2CC(C(=O)NC3CCS(=O)(=O)C3)CC2=O)c1. The first-order chi connectivity index (χ1) is 11.2. The highest BCUT2D eigenvalue weighted by molar-refractivity contribution is 7.91. The fraction of sp³-hybridized carbons (Fsp3) is 0.529. The fourth-order valence-corrected chi connectivity index (χ4v) is 5.03. The molecule has 2 unspecified atom stereocenters. The van der Waals surface area contributed by atoms with E-state index in [9.17, 15) is 18.0 Å². The van der Waals surface area contributed by atoms with Crippen molar-refractivity contribution in [1.29, 1.82) is 0 Å². The number of sulfone groups is 1. The summed E-state index contributed by atoms with van der Waals surface area (Å²) in [6, 6.07) is 5.59. The summed E-state index contributed by atoms with van der Waals surface area (Å²) in [5.41, 5.74) is 2.91. The molecule has 0 spiro atoms. The Balaban J connectivity index is 1.68. The van der Waals surface area contributed by atoms with Gasteiger partial charge in [-0.05, 0) is 37.5 Å². The van der Waals surface area contributed by atoms with Crippen molar-refractivity contribution in [2.45, 2.75) is 32.7 Å². The van der Waals surface area contributed by atoms with Crippen LogP contribution in [0.25, 0.3) is 0 Å². The van der Waals surface area contributed by atoms with Gasteiger partial charge in [0.15, 0.2) is 9.84 Å². The zero-order valence-corrected chi connectivity index (χ0v) is 14.7. The van der Waals surface area contributed by atoms with Crippen molar-refractivity contribution in [1.82, 2.24) is 5.32 Å². The molecule has 0 radical (unpaired) electrons. The van der Waals surface area contributed by atoms with E-state index >= 15 is 0 Å². The summed E-state index contributed by atoms with van der Waals surface area (Å²) in [6.45, 7) is 4.25. The second-order valence-corrected chi connectivity index (χ2v) is 9.03. The van der Waals surface area contributed by atoms with Gasteiger partial charge in [-0.15, -0.1) is 0 Å². The molecular weight excluding hydrogens is 328 g/mol. The summed E-state index contributed by atoms with van der Waals surface area (Å²) in [7, 11) is -3.03. The lowest BCUT2D eigenvalue weighted by Gasteiger charge is -2.20. The Morgan fingerprint density at radius 1 is 1.29 bits per heavy atom. The number of rotatable bonds is 3. The van der Waals surface area contributed by atoms with Crippen LogP contribution < -0.4 is 10.2 Å². The molecule has 2 fully saturated rings. The van der Waals surface area contributed by atoms with Crippen LogP contribution in [0.2, 0.25) is 0 Å². The molecule has 6 nitrogen and oxygen atoms in total. The van der Waals surface area contributed by atoms with Crippen molar-refractivity contribution in [2.75, 3.05) is 23.0 Å². The summed E-state index contributed by atoms with van der Waals surface area (Å²) >= 11 is 0. The van der Waals surface area contributed by atoms with Gasteiger partial charge in [0.25, 0.3) is 0 Å². The molecule has 1 N–H and O–H groups in total. The fourth-order valence-electron chi connectivity index (χ4n) is 3.35. The zero-order chi connectivity index (χ0) is 17.5. The number of nitrogens with zero attached hydrogens (tertiary/aromatic N) is 1. The van der Waals surface area contributed by atoms with Crippen LogP contribution in [0.1, 0.15) is 24.0 Å². The lowest BCUT2D eigenvalue weighted by molar-refractivity contribution is -0.126. The summed E-state index contributed by atoms with van der Waals surface area (Å²) in [6.07, 6.45) is 0.619. The second-order valence-electron chi connectivity index (χ2n) is 6.80. The van der Waals surface area contributed by atoms with Crippen LogP contribution in [0.3, 0.4) is 0 Å². The average Bonchev–Trinajstić information content (AvgIpc) is 3.04. The van der Waals surface area contributed by atoms with Gasteiger partial charge in [-0.3, -0.25) is 9.59 Å². The van der Waals surface area contributed by atoms with Gasteiger partial charge in [-0.25, -0.2) is 8.42 Å². The first kappa shape index (κ1) is 17.0. The van der Waals surface area contributed by atoms with Crippen LogP contribution in [0, 0.1) is 19.8 Å². The molecule has 3 rings (SSSR count). The number of amides is 2. The van der Waals surface area contributed by atoms with Crippen molar-refractivity contribution < 1.29 is 18.0 Å². The van der Waals surface area contributed by atoms with E-state index in [0.717, 1.165) is 16.8 Å². The highest BCUT2D eigenvalue weighted by atomic mass is 32.2. The number of benzene rings is 1. The van der Waals surface area contributed by atoms with Crippen molar-refractivity contribution >= 4 is 27.3 Å². The molecular formula is C17H22N2O4S. The predicted molar refractivity (Wildman–Crippen MR) is 91.6 cm³/mol. The third-order valence-corrected chi connectivity index (χ3v) is 6.50. The number of hydrogen-bond donors (Lipinski definition) is 1. The maximum atomic E-state index is 12.4. The molecule has 0 bridgehead atoms. The molecule has 0 aromatic heterocycles. The lowest BCUT2D eigenvalue weighted by Crippen LogP contribution is -2.40. The van der Waals surface area contributed by atoms with Gasteiger partial charge < -0.3 is 10.2 Å². The zero-order valence-electron chi connectivity index (χ0n) is 13.9. The minimum absolute atomic E-state index is 0.000108. The number of carbonyl (C=O) groups excluding carboxylic acids is 2. The Labute approximate surface area is 142 Å². The smallest absolute Gasteiger partial charge is 0.227 e. The van der Waals surface area contributed by atoms with E-state index in [1.807, 2.05) is 32.0 Å². The summed E-state index contributed by atoms with van der Waals surface area (Å²) in [5.74, 6) is -0.599. The predicted octanol–water partition coefficient (Wildman–Crippen LogP) is 0.960. The van der Waals surface area contributed by atoms with Crippen LogP contribution in [-0.2, 0) is 19.4 Å². The Morgan fingerprint density at radius 2 is 2.04 bits per heavy atom. The molecule has 1 aromatic carbocycles. The topological polar surface area (TPSA) is 83.6 Å². The Morgan fingerprint density at radius 3 is 2.71 bits per heavy atom. The molecule has 7 heteroatoms. The molecule has 2 aliphatic rings. The van der Waals surface area contributed by atoms with Gasteiger partial charge in [-0.1, -0.05) is 12.1 Å². The Kier molecular flexibility index (Phi) is 4.38. The third-order valence-electron chi connectivity index (χ3n) is 4.73. The minimum atomic E-state index is -3.03. The first-order valence-electron chi connectivity index (χ1n) is 8.13. The monoisotopic (exact) mass is 350 g/mol. The van der Waals surface area contributed by atoms with E-state index in [4.69, 9.17) is 0 Å². The van der Waals surface area contributed by atoms with Gasteiger partial charge >= 0.3 is 0 Å². The van der Waals surface area contributed by atoms with Gasteiger partial charge in [0.2, 0.25) is 11.8 Å². The van der Waals surface area contributed by atoms with Gasteiger partial charge in [0, 0.05) is 24.7 Å². The highest BCUT2D eigenvalue weighted by Crippen LogP contribution is 2.29. The van der Waals surface area contributed by atoms with Crippen LogP contribution in [-0.4, -0.2) is 44.3 Å². The maximum Gasteiger partial charge on any atom is 0.227 e. The summed E-state index contributed by atoms with van der Waals surface area (Å²) in [5, 5.41) is 2.80. The van der Waals surface area contributed by atoms with E-state index in [1.165, 1.54) is 0 Å². The molecule has 0 aliphatic carbocycles. The molecule has 2 saturated heterocycles. The van der Waals surface area contributed by atoms with Gasteiger partial charge in [0.1, 0.15) is 0 Å². The Hall–Kier alpha value is -1.89. The first-order valence-corrected chi connectivity index (χ1v) is 9.96. The number of carbonyl (C=O) groups is 2. The van der Waals surface area contributed by atoms with E-state index < -0.39 is 15.8 Å². The molecule has 2 aliphatic heterocycles. The molecule has 2 heterocycles. The molecule has 130 valence electrons. The average molecular weight is 350 g/mol. The standard InChI is InChI=1S/C17H22N2O4S/c1-11-3-4-12(2)15(7-11)19-9-13(8-16(19)20)17(21)18-14-5-6-24(22,23)10-14/h3-4,7,13-14H,5-6,8-10H2,1-2H3,(H,18,21). The lowest BCUT2D eigenvalue weighted by atomic mass is 10.1. The maximum absolute atomic E-state index is 12.4. The van der Waals surface area contributed by atoms with Crippen LogP contribution in [0.5, 0.6) is 0 Å². The largest absolute Gasteiger partial charge is 0.352 e. The highest BCUT2D eigenvalue weighted by Gasteiger charge is 2.37. The quantitative estimate of drug-likeness (QED) is 0.880. The normalized spacial score (nSPS) is 25.9. The molecule has 24 heavy (non-hydrogen) atoms. The number of hydrogen-bond acceptors (Lipinski definition) is 4. The Bertz CT molecular complexity index is 788. The van der Waals surface area contributed by atoms with Gasteiger partial charge in [-0.2, -0.15) is 0 Å².